The van der Waals surface area contributed by atoms with Gasteiger partial charge in [0.05, 0.1) is 13.2 Å². The van der Waals surface area contributed by atoms with Gasteiger partial charge in [-0.05, 0) is 0 Å². The lowest BCUT2D eigenvalue weighted by atomic mass is 10.0. The van der Waals surface area contributed by atoms with Crippen LogP contribution in [0.2, 0.25) is 0 Å². The molecule has 0 aromatic rings. The highest BCUT2D eigenvalue weighted by Gasteiger charge is 2.37. The van der Waals surface area contributed by atoms with Crippen molar-refractivity contribution in [2.24, 2.45) is 0 Å². The van der Waals surface area contributed by atoms with Crippen molar-refractivity contribution >= 4 is 0 Å². The van der Waals surface area contributed by atoms with Gasteiger partial charge in [-0.2, -0.15) is 0 Å². The van der Waals surface area contributed by atoms with Crippen LogP contribution in [0.25, 0.3) is 0 Å². The van der Waals surface area contributed by atoms with Crippen LogP contribution >= 0.6 is 0 Å². The number of hydrogen-bond donors (Lipinski definition) is 1. The summed E-state index contributed by atoms with van der Waals surface area (Å²) in [6.07, 6.45) is 0.215. The molecule has 0 aromatic carbocycles. The molecule has 0 aromatic heterocycles. The Labute approximate surface area is 47.3 Å². The zero-order chi connectivity index (χ0) is 6.04. The summed E-state index contributed by atoms with van der Waals surface area (Å²) in [7, 11) is 0. The monoisotopic (exact) mass is 120 g/mol. The number of ether oxygens (including phenoxy) is 1. The summed E-state index contributed by atoms with van der Waals surface area (Å²) in [6.45, 7) is 0.237. The van der Waals surface area contributed by atoms with Crippen molar-refractivity contribution in [3.05, 3.63) is 0 Å². The summed E-state index contributed by atoms with van der Waals surface area (Å²) >= 11 is 0. The summed E-state index contributed by atoms with van der Waals surface area (Å²) in [4.78, 5) is 0. The van der Waals surface area contributed by atoms with Gasteiger partial charge in [0.2, 0.25) is 0 Å². The normalized spacial score (nSPS) is 24.8. The fourth-order valence-corrected chi connectivity index (χ4v) is 0.668. The Kier molecular flexibility index (Phi) is 1.49. The first-order chi connectivity index (χ1) is 3.77. The van der Waals surface area contributed by atoms with Crippen LogP contribution in [0, 0.1) is 0 Å². The fourth-order valence-electron chi connectivity index (χ4n) is 0.668. The van der Waals surface area contributed by atoms with Gasteiger partial charge in [0, 0.05) is 13.0 Å². The molecule has 0 amide bonds. The minimum absolute atomic E-state index is 0.0835. The molecule has 1 saturated heterocycles. The summed E-state index contributed by atoms with van der Waals surface area (Å²) in [5.41, 5.74) is -1.20. The van der Waals surface area contributed by atoms with E-state index < -0.39 is 5.67 Å². The van der Waals surface area contributed by atoms with Crippen LogP contribution in [-0.2, 0) is 4.74 Å². The number of hydrogen-bond acceptors (Lipinski definition) is 2. The van der Waals surface area contributed by atoms with E-state index in [0.29, 0.717) is 0 Å². The van der Waals surface area contributed by atoms with Crippen molar-refractivity contribution < 1.29 is 14.2 Å². The molecule has 0 bridgehead atoms. The Morgan fingerprint density at radius 2 is 2.25 bits per heavy atom. The predicted molar refractivity (Wildman–Crippen MR) is 26.4 cm³/mol. The molecule has 0 spiro atoms. The van der Waals surface area contributed by atoms with Gasteiger partial charge in [0.25, 0.3) is 0 Å². The Morgan fingerprint density at radius 1 is 1.62 bits per heavy atom. The maximum atomic E-state index is 12.6. The van der Waals surface area contributed by atoms with E-state index in [-0.39, 0.29) is 26.2 Å². The van der Waals surface area contributed by atoms with E-state index in [1.165, 1.54) is 0 Å². The molecule has 0 atom stereocenters. The van der Waals surface area contributed by atoms with Gasteiger partial charge in [0.15, 0.2) is 5.67 Å². The Morgan fingerprint density at radius 3 is 2.38 bits per heavy atom. The van der Waals surface area contributed by atoms with Crippen LogP contribution in [0.5, 0.6) is 0 Å². The van der Waals surface area contributed by atoms with E-state index in [4.69, 9.17) is 5.11 Å². The highest BCUT2D eigenvalue weighted by Crippen LogP contribution is 2.24. The van der Waals surface area contributed by atoms with E-state index in [9.17, 15) is 4.39 Å². The molecule has 0 saturated carbocycles. The predicted octanol–water partition coefficient (Wildman–Crippen LogP) is 0.107. The summed E-state index contributed by atoms with van der Waals surface area (Å²) in [6, 6.07) is 0. The van der Waals surface area contributed by atoms with E-state index in [1.54, 1.807) is 0 Å². The van der Waals surface area contributed by atoms with Gasteiger partial charge in [-0.3, -0.25) is 0 Å². The lowest BCUT2D eigenvalue weighted by Crippen LogP contribution is -2.45. The lowest BCUT2D eigenvalue weighted by molar-refractivity contribution is -0.137. The third-order valence-corrected chi connectivity index (χ3v) is 1.28. The minimum atomic E-state index is -1.20. The van der Waals surface area contributed by atoms with Crippen molar-refractivity contribution in [1.29, 1.82) is 0 Å². The third-order valence-electron chi connectivity index (χ3n) is 1.28. The summed E-state index contributed by atoms with van der Waals surface area (Å²) in [5, 5.41) is 8.27. The topological polar surface area (TPSA) is 29.5 Å². The van der Waals surface area contributed by atoms with Gasteiger partial charge >= 0.3 is 0 Å². The molecule has 1 heterocycles. The summed E-state index contributed by atoms with van der Waals surface area (Å²) < 4.78 is 17.2. The Hall–Kier alpha value is -0.150. The molecule has 2 nitrogen and oxygen atoms in total. The van der Waals surface area contributed by atoms with Crippen molar-refractivity contribution in [1.82, 2.24) is 0 Å². The molecule has 1 N–H and O–H groups in total. The third kappa shape index (κ3) is 0.980. The zero-order valence-electron chi connectivity index (χ0n) is 4.56. The number of aliphatic hydroxyl groups excluding tert-OH is 1. The molecule has 0 radical (unpaired) electrons. The van der Waals surface area contributed by atoms with Crippen LogP contribution in [-0.4, -0.2) is 30.6 Å². The second kappa shape index (κ2) is 1.99. The second-order valence-electron chi connectivity index (χ2n) is 2.12. The van der Waals surface area contributed by atoms with Crippen molar-refractivity contribution in [3.8, 4) is 0 Å². The van der Waals surface area contributed by atoms with Crippen molar-refractivity contribution in [2.45, 2.75) is 12.1 Å². The zero-order valence-corrected chi connectivity index (χ0v) is 4.56. The molecule has 8 heavy (non-hydrogen) atoms. The first kappa shape index (κ1) is 5.98. The lowest BCUT2D eigenvalue weighted by Gasteiger charge is -2.32. The molecular weight excluding hydrogens is 111 g/mol. The molecule has 1 aliphatic heterocycles. The molecule has 48 valence electrons. The van der Waals surface area contributed by atoms with Crippen LogP contribution in [0.3, 0.4) is 0 Å². The van der Waals surface area contributed by atoms with Crippen LogP contribution < -0.4 is 0 Å². The maximum absolute atomic E-state index is 12.6. The molecule has 0 unspecified atom stereocenters. The first-order valence-electron chi connectivity index (χ1n) is 2.64. The molecular formula is C5H9FO2. The van der Waals surface area contributed by atoms with Gasteiger partial charge in [-0.1, -0.05) is 0 Å². The molecule has 1 aliphatic rings. The number of alkyl halides is 1. The highest BCUT2D eigenvalue weighted by molar-refractivity contribution is 4.84. The standard InChI is InChI=1S/C5H9FO2/c6-5(1-2-7)3-8-4-5/h7H,1-4H2. The second-order valence-corrected chi connectivity index (χ2v) is 2.12. The smallest absolute Gasteiger partial charge is 0.159 e. The Bertz CT molecular complexity index is 80.5. The number of halogens is 1. The molecule has 0 aliphatic carbocycles. The van der Waals surface area contributed by atoms with Crippen LogP contribution in [0.1, 0.15) is 6.42 Å². The highest BCUT2D eigenvalue weighted by atomic mass is 19.1. The minimum Gasteiger partial charge on any atom is -0.396 e. The SMILES string of the molecule is OCCC1(F)COC1. The van der Waals surface area contributed by atoms with Gasteiger partial charge in [0.1, 0.15) is 0 Å². The van der Waals surface area contributed by atoms with Gasteiger partial charge in [-0.25, -0.2) is 4.39 Å². The quantitative estimate of drug-likeness (QED) is 0.560. The van der Waals surface area contributed by atoms with Crippen LogP contribution in [0.15, 0.2) is 0 Å². The largest absolute Gasteiger partial charge is 0.396 e. The Balaban J connectivity index is 2.20. The van der Waals surface area contributed by atoms with Crippen molar-refractivity contribution in [3.63, 3.8) is 0 Å². The molecule has 1 fully saturated rings. The van der Waals surface area contributed by atoms with E-state index in [2.05, 4.69) is 4.74 Å². The number of aliphatic hydroxyl groups is 1. The van der Waals surface area contributed by atoms with E-state index in [0.717, 1.165) is 0 Å². The maximum Gasteiger partial charge on any atom is 0.159 e. The summed E-state index contributed by atoms with van der Waals surface area (Å²) in [5.74, 6) is 0. The van der Waals surface area contributed by atoms with Gasteiger partial charge < -0.3 is 9.84 Å². The average Bonchev–Trinajstić information content (AvgIpc) is 1.64. The van der Waals surface area contributed by atoms with Crippen molar-refractivity contribution in [2.75, 3.05) is 19.8 Å². The van der Waals surface area contributed by atoms with E-state index >= 15 is 0 Å². The van der Waals surface area contributed by atoms with Crippen LogP contribution in [0.4, 0.5) is 4.39 Å². The fraction of sp³-hybridized carbons (Fsp3) is 1.00. The number of rotatable bonds is 2. The van der Waals surface area contributed by atoms with Gasteiger partial charge in [-0.15, -0.1) is 0 Å². The molecule has 3 heteroatoms. The average molecular weight is 120 g/mol. The van der Waals surface area contributed by atoms with E-state index in [1.807, 2.05) is 0 Å². The first-order valence-corrected chi connectivity index (χ1v) is 2.64. The molecule has 1 rings (SSSR count).